The summed E-state index contributed by atoms with van der Waals surface area (Å²) in [5.41, 5.74) is 0.751. The third-order valence-corrected chi connectivity index (χ3v) is 9.41. The van der Waals surface area contributed by atoms with Gasteiger partial charge in [0.1, 0.15) is 9.90 Å². The van der Waals surface area contributed by atoms with Gasteiger partial charge in [0.25, 0.3) is 21.6 Å². The number of halogens is 2. The molecule has 3 aromatic rings. The summed E-state index contributed by atoms with van der Waals surface area (Å²) in [6, 6.07) is 14.1. The van der Waals surface area contributed by atoms with Gasteiger partial charge in [0.2, 0.25) is 0 Å². The lowest BCUT2D eigenvalue weighted by atomic mass is 10.2. The number of benzene rings is 2. The molecule has 13 heteroatoms. The number of nitrogens with one attached hydrogen (secondary N) is 1. The molecule has 0 spiro atoms. The summed E-state index contributed by atoms with van der Waals surface area (Å²) in [5.74, 6) is -0.285. The normalized spacial score (nSPS) is 14.6. The van der Waals surface area contributed by atoms with Crippen LogP contribution in [0.1, 0.15) is 15.2 Å². The fraction of sp³-hybridized carbons (Fsp3) is 0.227. The Kier molecular flexibility index (Phi) is 7.62. The molecule has 4 rings (SSSR count). The molecule has 184 valence electrons. The Labute approximate surface area is 216 Å². The Morgan fingerprint density at radius 1 is 1.00 bits per heavy atom. The van der Waals surface area contributed by atoms with E-state index in [0.717, 1.165) is 11.3 Å². The molecule has 0 saturated carbocycles. The van der Waals surface area contributed by atoms with Crippen molar-refractivity contribution < 1.29 is 18.1 Å². The number of hydrogen-bond acceptors (Lipinski definition) is 7. The zero-order valence-electron chi connectivity index (χ0n) is 18.2. The van der Waals surface area contributed by atoms with Crippen LogP contribution in [0.3, 0.4) is 0 Å². The zero-order valence-corrected chi connectivity index (χ0v) is 21.3. The Bertz CT molecular complexity index is 1350. The molecular formula is C22H20Cl2N4O5S2. The van der Waals surface area contributed by atoms with E-state index in [0.29, 0.717) is 34.2 Å². The summed E-state index contributed by atoms with van der Waals surface area (Å²) >= 11 is 12.8. The Morgan fingerprint density at radius 3 is 2.31 bits per heavy atom. The molecule has 35 heavy (non-hydrogen) atoms. The summed E-state index contributed by atoms with van der Waals surface area (Å²) in [4.78, 5) is 25.7. The third-order valence-electron chi connectivity index (χ3n) is 5.47. The maximum Gasteiger partial charge on any atom is 0.294 e. The fourth-order valence-electron chi connectivity index (χ4n) is 3.67. The van der Waals surface area contributed by atoms with Crippen LogP contribution >= 0.6 is 34.5 Å². The van der Waals surface area contributed by atoms with Crippen molar-refractivity contribution in [1.82, 2.24) is 9.62 Å². The van der Waals surface area contributed by atoms with Crippen LogP contribution in [0.5, 0.6) is 0 Å². The molecule has 0 aliphatic carbocycles. The zero-order chi connectivity index (χ0) is 25.2. The summed E-state index contributed by atoms with van der Waals surface area (Å²) in [6.07, 6.45) is 0. The lowest BCUT2D eigenvalue weighted by molar-refractivity contribution is -0.384. The first kappa shape index (κ1) is 25.4. The second kappa shape index (κ2) is 10.5. The first-order valence-electron chi connectivity index (χ1n) is 10.5. The second-order valence-corrected chi connectivity index (χ2v) is 11.9. The number of nitro groups is 1. The molecule has 1 saturated heterocycles. The van der Waals surface area contributed by atoms with Gasteiger partial charge in [-0.05, 0) is 48.5 Å². The van der Waals surface area contributed by atoms with Gasteiger partial charge in [0, 0.05) is 52.7 Å². The standard InChI is InChI=1S/C22H20Cl2N4O5S2/c23-16-3-1-15(2-4-16)22(29)25-14-18-6-8-21(34-18)35(32,33)27-11-9-26(10-12-27)19-7-5-17(24)13-20(19)28(30)31/h1-8,13H,9-12,14H2,(H,25,29). The molecular weight excluding hydrogens is 535 g/mol. The van der Waals surface area contributed by atoms with Gasteiger partial charge in [-0.3, -0.25) is 14.9 Å². The minimum absolute atomic E-state index is 0.114. The minimum Gasteiger partial charge on any atom is -0.363 e. The highest BCUT2D eigenvalue weighted by Gasteiger charge is 2.31. The van der Waals surface area contributed by atoms with E-state index in [1.54, 1.807) is 47.4 Å². The molecule has 1 aromatic heterocycles. The predicted molar refractivity (Wildman–Crippen MR) is 136 cm³/mol. The monoisotopic (exact) mass is 554 g/mol. The van der Waals surface area contributed by atoms with E-state index in [-0.39, 0.29) is 40.5 Å². The van der Waals surface area contributed by atoms with Gasteiger partial charge in [-0.25, -0.2) is 8.42 Å². The average Bonchev–Trinajstić information content (AvgIpc) is 3.33. The van der Waals surface area contributed by atoms with Crippen molar-refractivity contribution >= 4 is 61.8 Å². The molecule has 1 amide bonds. The van der Waals surface area contributed by atoms with Gasteiger partial charge in [-0.1, -0.05) is 23.2 Å². The van der Waals surface area contributed by atoms with Gasteiger partial charge in [0.05, 0.1) is 11.5 Å². The SMILES string of the molecule is O=C(NCc1ccc(S(=O)(=O)N2CCN(c3ccc(Cl)cc3[N+](=O)[O-])CC2)s1)c1ccc(Cl)cc1. The van der Waals surface area contributed by atoms with Crippen LogP contribution in [0.15, 0.2) is 58.8 Å². The number of nitro benzene ring substituents is 1. The summed E-state index contributed by atoms with van der Waals surface area (Å²) in [7, 11) is -3.73. The summed E-state index contributed by atoms with van der Waals surface area (Å²) in [6.45, 7) is 1.16. The number of thiophene rings is 1. The van der Waals surface area contributed by atoms with Crippen LogP contribution in [-0.2, 0) is 16.6 Å². The molecule has 1 fully saturated rings. The molecule has 1 aliphatic rings. The number of amides is 1. The lowest BCUT2D eigenvalue weighted by Crippen LogP contribution is -2.48. The van der Waals surface area contributed by atoms with Crippen molar-refractivity contribution in [3.63, 3.8) is 0 Å². The molecule has 2 aromatic carbocycles. The van der Waals surface area contributed by atoms with E-state index in [1.807, 2.05) is 0 Å². The fourth-order valence-corrected chi connectivity index (χ4v) is 6.83. The maximum absolute atomic E-state index is 13.1. The van der Waals surface area contributed by atoms with E-state index in [4.69, 9.17) is 23.2 Å². The van der Waals surface area contributed by atoms with Crippen LogP contribution in [0.25, 0.3) is 0 Å². The van der Waals surface area contributed by atoms with E-state index >= 15 is 0 Å². The molecule has 0 bridgehead atoms. The van der Waals surface area contributed by atoms with Crippen molar-refractivity contribution in [1.29, 1.82) is 0 Å². The van der Waals surface area contributed by atoms with Gasteiger partial charge in [0.15, 0.2) is 0 Å². The van der Waals surface area contributed by atoms with Gasteiger partial charge >= 0.3 is 0 Å². The number of sulfonamides is 1. The number of carbonyl (C=O) groups excluding carboxylic acids is 1. The molecule has 0 radical (unpaired) electrons. The topological polar surface area (TPSA) is 113 Å². The van der Waals surface area contributed by atoms with E-state index in [1.165, 1.54) is 16.4 Å². The van der Waals surface area contributed by atoms with Crippen LogP contribution in [0.4, 0.5) is 11.4 Å². The maximum atomic E-state index is 13.1. The summed E-state index contributed by atoms with van der Waals surface area (Å²) < 4.78 is 27.8. The number of piperazine rings is 1. The Balaban J connectivity index is 1.38. The number of nitrogens with zero attached hydrogens (tertiary/aromatic N) is 3. The van der Waals surface area contributed by atoms with Crippen LogP contribution < -0.4 is 10.2 Å². The lowest BCUT2D eigenvalue weighted by Gasteiger charge is -2.34. The summed E-state index contributed by atoms with van der Waals surface area (Å²) in [5, 5.41) is 15.0. The van der Waals surface area contributed by atoms with Crippen molar-refractivity contribution in [3.8, 4) is 0 Å². The average molecular weight is 555 g/mol. The predicted octanol–water partition coefficient (Wildman–Crippen LogP) is 4.40. The number of rotatable bonds is 7. The van der Waals surface area contributed by atoms with Crippen molar-refractivity contribution in [2.75, 3.05) is 31.1 Å². The third kappa shape index (κ3) is 5.76. The van der Waals surface area contributed by atoms with Crippen molar-refractivity contribution in [2.24, 2.45) is 0 Å². The highest BCUT2D eigenvalue weighted by Crippen LogP contribution is 2.33. The molecule has 0 atom stereocenters. The Hall–Kier alpha value is -2.70. The first-order chi connectivity index (χ1) is 16.6. The molecule has 0 unspecified atom stereocenters. The van der Waals surface area contributed by atoms with Crippen LogP contribution in [0.2, 0.25) is 10.0 Å². The van der Waals surface area contributed by atoms with E-state index in [9.17, 15) is 23.3 Å². The second-order valence-electron chi connectivity index (χ2n) is 7.69. The van der Waals surface area contributed by atoms with E-state index < -0.39 is 14.9 Å². The minimum atomic E-state index is -3.73. The highest BCUT2D eigenvalue weighted by molar-refractivity contribution is 7.91. The van der Waals surface area contributed by atoms with Crippen LogP contribution in [-0.4, -0.2) is 49.7 Å². The number of anilines is 1. The van der Waals surface area contributed by atoms with Gasteiger partial charge < -0.3 is 10.2 Å². The van der Waals surface area contributed by atoms with Gasteiger partial charge in [-0.2, -0.15) is 4.31 Å². The molecule has 1 N–H and O–H groups in total. The van der Waals surface area contributed by atoms with Gasteiger partial charge in [-0.15, -0.1) is 11.3 Å². The largest absolute Gasteiger partial charge is 0.363 e. The number of carbonyl (C=O) groups is 1. The molecule has 2 heterocycles. The molecule has 9 nitrogen and oxygen atoms in total. The van der Waals surface area contributed by atoms with Crippen molar-refractivity contribution in [3.05, 3.63) is 85.2 Å². The van der Waals surface area contributed by atoms with E-state index in [2.05, 4.69) is 5.32 Å². The number of hydrogen-bond donors (Lipinski definition) is 1. The Morgan fingerprint density at radius 2 is 1.66 bits per heavy atom. The van der Waals surface area contributed by atoms with Crippen molar-refractivity contribution in [2.45, 2.75) is 10.8 Å². The molecule has 1 aliphatic heterocycles. The van der Waals surface area contributed by atoms with Crippen LogP contribution in [0, 0.1) is 10.1 Å². The highest BCUT2D eigenvalue weighted by atomic mass is 35.5. The first-order valence-corrected chi connectivity index (χ1v) is 13.5. The quantitative estimate of drug-likeness (QED) is 0.342. The smallest absolute Gasteiger partial charge is 0.294 e.